The van der Waals surface area contributed by atoms with Crippen molar-refractivity contribution in [3.63, 3.8) is 0 Å². The van der Waals surface area contributed by atoms with Crippen molar-refractivity contribution in [1.29, 1.82) is 0 Å². The largest absolute Gasteiger partial charge is 0.497 e. The number of anilines is 2. The van der Waals surface area contributed by atoms with E-state index in [1.807, 2.05) is 0 Å². The number of likely N-dealkylation sites (N-methyl/N-ethyl adjacent to an activating group) is 1. The molecular formula is C24H27N3O7. The fourth-order valence-corrected chi connectivity index (χ4v) is 4.29. The van der Waals surface area contributed by atoms with Crippen molar-refractivity contribution in [1.82, 2.24) is 4.90 Å². The Kier molecular flexibility index (Phi) is 6.87. The highest BCUT2D eigenvalue weighted by molar-refractivity contribution is 6.02. The molecule has 3 amide bonds. The number of aliphatic carboxylic acids is 1. The van der Waals surface area contributed by atoms with Gasteiger partial charge in [-0.3, -0.25) is 9.59 Å². The van der Waals surface area contributed by atoms with Crippen LogP contribution in [0.15, 0.2) is 42.5 Å². The minimum atomic E-state index is -0.916. The molecule has 0 bridgehead atoms. The van der Waals surface area contributed by atoms with Crippen LogP contribution in [0.2, 0.25) is 0 Å². The summed E-state index contributed by atoms with van der Waals surface area (Å²) < 4.78 is 17.0. The van der Waals surface area contributed by atoms with Crippen LogP contribution in [-0.4, -0.2) is 66.9 Å². The van der Waals surface area contributed by atoms with Crippen molar-refractivity contribution in [2.24, 2.45) is 0 Å². The minimum absolute atomic E-state index is 0.0790. The molecule has 0 aromatic heterocycles. The molecule has 34 heavy (non-hydrogen) atoms. The summed E-state index contributed by atoms with van der Waals surface area (Å²) in [6.07, 6.45) is 0.254. The predicted molar refractivity (Wildman–Crippen MR) is 124 cm³/mol. The van der Waals surface area contributed by atoms with E-state index in [0.29, 0.717) is 41.3 Å². The smallest absolute Gasteiger partial charge is 0.323 e. The van der Waals surface area contributed by atoms with Crippen LogP contribution in [0, 0.1) is 0 Å². The fraction of sp³-hybridized carbons (Fsp3) is 0.375. The molecule has 10 heteroatoms. The summed E-state index contributed by atoms with van der Waals surface area (Å²) in [5, 5.41) is 14.5. The molecule has 10 nitrogen and oxygen atoms in total. The zero-order valence-corrected chi connectivity index (χ0v) is 18.9. The van der Waals surface area contributed by atoms with Crippen molar-refractivity contribution in [2.75, 3.05) is 31.4 Å². The number of urea groups is 1. The van der Waals surface area contributed by atoms with Crippen LogP contribution in [-0.2, 0) is 9.53 Å². The Morgan fingerprint density at radius 1 is 1.15 bits per heavy atom. The lowest BCUT2D eigenvalue weighted by Crippen LogP contribution is -2.53. The third-order valence-corrected chi connectivity index (χ3v) is 6.00. The first-order valence-corrected chi connectivity index (χ1v) is 11.0. The second kappa shape index (κ2) is 10.0. The highest BCUT2D eigenvalue weighted by Crippen LogP contribution is 2.32. The summed E-state index contributed by atoms with van der Waals surface area (Å²) in [6.45, 7) is 0.189. The van der Waals surface area contributed by atoms with Gasteiger partial charge in [0.2, 0.25) is 0 Å². The summed E-state index contributed by atoms with van der Waals surface area (Å²) in [5.74, 6) is -0.190. The second-order valence-corrected chi connectivity index (χ2v) is 8.29. The number of nitrogens with one attached hydrogen (secondary N) is 2. The summed E-state index contributed by atoms with van der Waals surface area (Å²) in [4.78, 5) is 38.4. The molecule has 2 aromatic carbocycles. The van der Waals surface area contributed by atoms with Gasteiger partial charge in [-0.2, -0.15) is 0 Å². The van der Waals surface area contributed by atoms with E-state index in [2.05, 4.69) is 10.6 Å². The zero-order chi connectivity index (χ0) is 24.2. The molecule has 0 spiro atoms. The van der Waals surface area contributed by atoms with Crippen LogP contribution < -0.4 is 20.1 Å². The molecular weight excluding hydrogens is 442 g/mol. The van der Waals surface area contributed by atoms with Crippen LogP contribution in [0.4, 0.5) is 16.2 Å². The maximum absolute atomic E-state index is 13.3. The molecule has 2 aromatic rings. The van der Waals surface area contributed by atoms with E-state index in [0.717, 1.165) is 0 Å². The number of carbonyl (C=O) groups is 3. The van der Waals surface area contributed by atoms with E-state index < -0.39 is 24.2 Å². The van der Waals surface area contributed by atoms with E-state index in [1.54, 1.807) is 61.5 Å². The van der Waals surface area contributed by atoms with E-state index >= 15 is 0 Å². The van der Waals surface area contributed by atoms with Crippen molar-refractivity contribution >= 4 is 29.3 Å². The summed E-state index contributed by atoms with van der Waals surface area (Å²) >= 11 is 0. The Labute approximate surface area is 196 Å². The SMILES string of the molecule is COc1cccc(NC(=O)Nc2ccc3c(c2)C(=O)N(C)[C@@H]2CC[C@@H](CC(=O)O)O[C@H]2CO3)c1. The van der Waals surface area contributed by atoms with Crippen molar-refractivity contribution in [3.05, 3.63) is 48.0 Å². The Morgan fingerprint density at radius 2 is 1.91 bits per heavy atom. The van der Waals surface area contributed by atoms with Gasteiger partial charge in [0.15, 0.2) is 0 Å². The van der Waals surface area contributed by atoms with E-state index in [-0.39, 0.29) is 25.0 Å². The average molecular weight is 469 g/mol. The third kappa shape index (κ3) is 5.23. The number of carbonyl (C=O) groups excluding carboxylic acids is 2. The first-order chi connectivity index (χ1) is 16.3. The van der Waals surface area contributed by atoms with Gasteiger partial charge in [0.05, 0.1) is 31.2 Å². The molecule has 0 unspecified atom stereocenters. The number of carboxylic acids is 1. The molecule has 2 heterocycles. The molecule has 2 aliphatic rings. The van der Waals surface area contributed by atoms with Gasteiger partial charge in [0.1, 0.15) is 24.2 Å². The van der Waals surface area contributed by atoms with Gasteiger partial charge in [0, 0.05) is 24.5 Å². The lowest BCUT2D eigenvalue weighted by molar-refractivity contribution is -0.148. The highest BCUT2D eigenvalue weighted by Gasteiger charge is 2.39. The second-order valence-electron chi connectivity index (χ2n) is 8.29. The number of benzene rings is 2. The van der Waals surface area contributed by atoms with Crippen LogP contribution in [0.3, 0.4) is 0 Å². The molecule has 180 valence electrons. The summed E-state index contributed by atoms with van der Waals surface area (Å²) in [5.41, 5.74) is 1.32. The van der Waals surface area contributed by atoms with Gasteiger partial charge in [-0.1, -0.05) is 6.07 Å². The molecule has 0 saturated carbocycles. The monoisotopic (exact) mass is 469 g/mol. The van der Waals surface area contributed by atoms with Gasteiger partial charge in [-0.25, -0.2) is 4.79 Å². The van der Waals surface area contributed by atoms with Crippen LogP contribution in [0.25, 0.3) is 0 Å². The number of hydrogen-bond donors (Lipinski definition) is 3. The Morgan fingerprint density at radius 3 is 2.65 bits per heavy atom. The Balaban J connectivity index is 1.47. The molecule has 3 N–H and O–H groups in total. The number of amides is 3. The Bertz CT molecular complexity index is 1090. The maximum atomic E-state index is 13.3. The number of methoxy groups -OCH3 is 1. The number of hydrogen-bond acceptors (Lipinski definition) is 6. The molecule has 3 atom stereocenters. The van der Waals surface area contributed by atoms with Crippen molar-refractivity contribution < 1.29 is 33.7 Å². The maximum Gasteiger partial charge on any atom is 0.323 e. The number of carboxylic acid groups (broad SMARTS) is 1. The van der Waals surface area contributed by atoms with Gasteiger partial charge in [0.25, 0.3) is 5.91 Å². The number of fused-ring (bicyclic) bond motifs is 2. The van der Waals surface area contributed by atoms with Crippen LogP contribution in [0.1, 0.15) is 29.6 Å². The standard InChI is InChI=1S/C24H27N3O7/c1-27-19-8-7-17(12-22(28)29)34-21(19)13-33-20-9-6-15(11-18(20)23(27)30)26-24(31)25-14-4-3-5-16(10-14)32-2/h3-6,9-11,17,19,21H,7-8,12-13H2,1-2H3,(H,28,29)(H2,25,26,31)/t17-,19+,21-/m0/s1. The van der Waals surface area contributed by atoms with E-state index in [4.69, 9.17) is 19.3 Å². The molecule has 2 aliphatic heterocycles. The van der Waals surface area contributed by atoms with Crippen LogP contribution in [0.5, 0.6) is 11.5 Å². The summed E-state index contributed by atoms with van der Waals surface area (Å²) in [7, 11) is 3.24. The molecule has 0 radical (unpaired) electrons. The third-order valence-electron chi connectivity index (χ3n) is 6.00. The van der Waals surface area contributed by atoms with Gasteiger partial charge in [-0.15, -0.1) is 0 Å². The minimum Gasteiger partial charge on any atom is -0.497 e. The lowest BCUT2D eigenvalue weighted by atomic mass is 9.94. The average Bonchev–Trinajstić information content (AvgIpc) is 2.81. The van der Waals surface area contributed by atoms with Crippen molar-refractivity contribution in [2.45, 2.75) is 37.5 Å². The first-order valence-electron chi connectivity index (χ1n) is 11.0. The zero-order valence-electron chi connectivity index (χ0n) is 18.9. The molecule has 1 saturated heterocycles. The predicted octanol–water partition coefficient (Wildman–Crippen LogP) is 3.19. The van der Waals surface area contributed by atoms with Gasteiger partial charge >= 0.3 is 12.0 Å². The van der Waals surface area contributed by atoms with E-state index in [1.165, 1.54) is 0 Å². The normalized spacial score (nSPS) is 21.8. The quantitative estimate of drug-likeness (QED) is 0.614. The summed E-state index contributed by atoms with van der Waals surface area (Å²) in [6, 6.07) is 11.1. The lowest BCUT2D eigenvalue weighted by Gasteiger charge is -2.42. The van der Waals surface area contributed by atoms with Crippen molar-refractivity contribution in [3.8, 4) is 11.5 Å². The van der Waals surface area contributed by atoms with Gasteiger partial charge < -0.3 is 34.9 Å². The van der Waals surface area contributed by atoms with Gasteiger partial charge in [-0.05, 0) is 43.2 Å². The number of nitrogens with zero attached hydrogens (tertiary/aromatic N) is 1. The number of ether oxygens (including phenoxy) is 3. The highest BCUT2D eigenvalue weighted by atomic mass is 16.5. The number of rotatable bonds is 5. The molecule has 0 aliphatic carbocycles. The van der Waals surface area contributed by atoms with E-state index in [9.17, 15) is 14.4 Å². The first kappa shape index (κ1) is 23.4. The topological polar surface area (TPSA) is 126 Å². The fourth-order valence-electron chi connectivity index (χ4n) is 4.29. The molecule has 1 fully saturated rings. The Hall–Kier alpha value is -3.79. The van der Waals surface area contributed by atoms with Crippen LogP contribution >= 0.6 is 0 Å². The molecule has 4 rings (SSSR count).